The Morgan fingerprint density at radius 2 is 2.08 bits per heavy atom. The average molecular weight is 364 g/mol. The van der Waals surface area contributed by atoms with Gasteiger partial charge in [-0.25, -0.2) is 4.98 Å². The Morgan fingerprint density at radius 3 is 2.77 bits per heavy atom. The highest BCUT2D eigenvalue weighted by molar-refractivity contribution is 7.17. The van der Waals surface area contributed by atoms with Crippen LogP contribution in [-0.2, 0) is 0 Å². The van der Waals surface area contributed by atoms with Gasteiger partial charge >= 0.3 is 0 Å². The second-order valence-electron chi connectivity index (χ2n) is 5.36. The number of carboxylic acid groups (broad SMARTS) is 1. The Kier molecular flexibility index (Phi) is 3.94. The highest BCUT2D eigenvalue weighted by Crippen LogP contribution is 2.30. The van der Waals surface area contributed by atoms with Gasteiger partial charge in [-0.05, 0) is 23.3 Å². The van der Waals surface area contributed by atoms with Crippen LogP contribution in [0, 0.1) is 0 Å². The molecule has 7 nitrogen and oxygen atoms in total. The summed E-state index contributed by atoms with van der Waals surface area (Å²) >= 11 is 1.36. The number of benzene rings is 1. The van der Waals surface area contributed by atoms with Crippen LogP contribution in [0.3, 0.4) is 0 Å². The number of aromatic nitrogens is 2. The Bertz CT molecular complexity index is 1170. The Labute approximate surface area is 150 Å². The number of carbonyl (C=O) groups is 1. The molecule has 8 heteroatoms. The van der Waals surface area contributed by atoms with Crippen molar-refractivity contribution < 1.29 is 14.3 Å². The van der Waals surface area contributed by atoms with Crippen molar-refractivity contribution in [1.82, 2.24) is 9.66 Å². The molecule has 0 N–H and O–H groups in total. The molecule has 0 fully saturated rings. The zero-order chi connectivity index (χ0) is 18.1. The summed E-state index contributed by atoms with van der Waals surface area (Å²) in [6, 6.07) is 9.50. The van der Waals surface area contributed by atoms with E-state index in [9.17, 15) is 14.7 Å². The first kappa shape index (κ1) is 16.0. The Balaban J connectivity index is 1.73. The molecule has 0 aliphatic carbocycles. The van der Waals surface area contributed by atoms with Crippen molar-refractivity contribution in [2.75, 3.05) is 0 Å². The Morgan fingerprint density at radius 1 is 1.27 bits per heavy atom. The number of aromatic carboxylic acids is 1. The molecule has 3 heterocycles. The molecule has 0 spiro atoms. The molecule has 128 valence electrons. The van der Waals surface area contributed by atoms with Gasteiger partial charge in [0.25, 0.3) is 5.56 Å². The van der Waals surface area contributed by atoms with Crippen molar-refractivity contribution in [3.8, 4) is 11.3 Å². The maximum Gasteiger partial charge on any atom is 0.283 e. The second kappa shape index (κ2) is 6.41. The molecule has 0 bridgehead atoms. The van der Waals surface area contributed by atoms with Crippen LogP contribution in [-0.4, -0.2) is 21.8 Å². The first-order chi connectivity index (χ1) is 12.6. The molecule has 0 aliphatic heterocycles. The summed E-state index contributed by atoms with van der Waals surface area (Å²) in [6.45, 7) is 0. The van der Waals surface area contributed by atoms with Crippen LogP contribution < -0.4 is 10.7 Å². The monoisotopic (exact) mass is 364 g/mol. The molecule has 3 aromatic heterocycles. The number of carbonyl (C=O) groups excluding carboxylic acids is 1. The second-order valence-corrected chi connectivity index (χ2v) is 6.21. The molecule has 0 saturated heterocycles. The first-order valence-corrected chi connectivity index (χ1v) is 8.40. The predicted molar refractivity (Wildman–Crippen MR) is 95.3 cm³/mol. The number of hydrogen-bond donors (Lipinski definition) is 0. The fraction of sp³-hybridized carbons (Fsp3) is 0. The van der Waals surface area contributed by atoms with E-state index in [1.54, 1.807) is 30.5 Å². The van der Waals surface area contributed by atoms with Crippen LogP contribution in [0.1, 0.15) is 15.9 Å². The largest absolute Gasteiger partial charge is 0.545 e. The van der Waals surface area contributed by atoms with E-state index in [0.29, 0.717) is 27.1 Å². The molecule has 4 aromatic rings. The SMILES string of the molecule is O=C([O-])c1ccc(/C=N\n2cnc3scc(-c4ccco4)c3c2=O)cc1. The van der Waals surface area contributed by atoms with E-state index in [1.165, 1.54) is 36.0 Å². The lowest BCUT2D eigenvalue weighted by Gasteiger charge is -2.02. The minimum absolute atomic E-state index is 0.0729. The van der Waals surface area contributed by atoms with Gasteiger partial charge in [-0.1, -0.05) is 24.3 Å². The highest BCUT2D eigenvalue weighted by Gasteiger charge is 2.14. The fourth-order valence-electron chi connectivity index (χ4n) is 2.45. The summed E-state index contributed by atoms with van der Waals surface area (Å²) < 4.78 is 6.51. The smallest absolute Gasteiger partial charge is 0.283 e. The van der Waals surface area contributed by atoms with Gasteiger partial charge in [0, 0.05) is 10.9 Å². The summed E-state index contributed by atoms with van der Waals surface area (Å²) in [5.41, 5.74) is 1.07. The maximum atomic E-state index is 12.8. The third kappa shape index (κ3) is 2.82. The number of furan rings is 1. The fourth-order valence-corrected chi connectivity index (χ4v) is 3.34. The number of carboxylic acids is 1. The van der Waals surface area contributed by atoms with E-state index in [0.717, 1.165) is 4.68 Å². The lowest BCUT2D eigenvalue weighted by atomic mass is 10.1. The van der Waals surface area contributed by atoms with Crippen LogP contribution in [0.4, 0.5) is 0 Å². The van der Waals surface area contributed by atoms with Gasteiger partial charge in [0.15, 0.2) is 0 Å². The molecule has 0 amide bonds. The quantitative estimate of drug-likeness (QED) is 0.515. The predicted octanol–water partition coefficient (Wildman–Crippen LogP) is 1.96. The molecule has 1 aromatic carbocycles. The van der Waals surface area contributed by atoms with Crippen molar-refractivity contribution in [2.24, 2.45) is 5.10 Å². The summed E-state index contributed by atoms with van der Waals surface area (Å²) in [6.07, 6.45) is 4.34. The van der Waals surface area contributed by atoms with E-state index in [-0.39, 0.29) is 11.1 Å². The standard InChI is InChI=1S/C18H11N3O4S/c22-17-15-13(14-2-1-7-25-14)9-26-16(15)19-10-21(17)20-8-11-3-5-12(6-4-11)18(23)24/h1-10H,(H,23,24)/p-1/b20-8-. The molecule has 4 rings (SSSR count). The van der Waals surface area contributed by atoms with E-state index < -0.39 is 5.97 Å². The van der Waals surface area contributed by atoms with Gasteiger partial charge in [-0.15, -0.1) is 11.3 Å². The molecule has 0 atom stereocenters. The van der Waals surface area contributed by atoms with Crippen molar-refractivity contribution in [3.63, 3.8) is 0 Å². The Hall–Kier alpha value is -3.52. The minimum atomic E-state index is -1.25. The number of hydrogen-bond acceptors (Lipinski definition) is 7. The number of rotatable bonds is 4. The minimum Gasteiger partial charge on any atom is -0.545 e. The molecular weight excluding hydrogens is 354 g/mol. The lowest BCUT2D eigenvalue weighted by Crippen LogP contribution is -2.22. The van der Waals surface area contributed by atoms with Crippen LogP contribution in [0.5, 0.6) is 0 Å². The van der Waals surface area contributed by atoms with Crippen LogP contribution in [0.2, 0.25) is 0 Å². The maximum absolute atomic E-state index is 12.8. The molecule has 0 saturated carbocycles. The zero-order valence-electron chi connectivity index (χ0n) is 13.2. The molecule has 0 aliphatic rings. The third-order valence-electron chi connectivity index (χ3n) is 3.74. The van der Waals surface area contributed by atoms with Crippen LogP contribution >= 0.6 is 11.3 Å². The van der Waals surface area contributed by atoms with Gasteiger partial charge < -0.3 is 14.3 Å². The van der Waals surface area contributed by atoms with E-state index in [2.05, 4.69) is 10.1 Å². The van der Waals surface area contributed by atoms with Crippen molar-refractivity contribution in [3.05, 3.63) is 75.8 Å². The normalized spacial score (nSPS) is 11.4. The van der Waals surface area contributed by atoms with Crippen LogP contribution in [0.15, 0.2) is 68.7 Å². The van der Waals surface area contributed by atoms with E-state index >= 15 is 0 Å². The highest BCUT2D eigenvalue weighted by atomic mass is 32.1. The first-order valence-electron chi connectivity index (χ1n) is 7.52. The number of fused-ring (bicyclic) bond motifs is 1. The van der Waals surface area contributed by atoms with Gasteiger partial charge in [0.05, 0.1) is 23.8 Å². The topological polar surface area (TPSA) is 101 Å². The van der Waals surface area contributed by atoms with Gasteiger partial charge in [-0.2, -0.15) is 9.78 Å². The van der Waals surface area contributed by atoms with Crippen molar-refractivity contribution in [2.45, 2.75) is 0 Å². The van der Waals surface area contributed by atoms with Gasteiger partial charge in [0.1, 0.15) is 16.9 Å². The number of nitrogens with zero attached hydrogens (tertiary/aromatic N) is 3. The van der Waals surface area contributed by atoms with E-state index in [4.69, 9.17) is 4.42 Å². The molecule has 0 radical (unpaired) electrons. The molecule has 26 heavy (non-hydrogen) atoms. The average Bonchev–Trinajstić information content (AvgIpc) is 3.31. The molecular formula is C18H10N3O4S-. The van der Waals surface area contributed by atoms with Crippen LogP contribution in [0.25, 0.3) is 21.5 Å². The number of thiophene rings is 1. The van der Waals surface area contributed by atoms with Crippen molar-refractivity contribution in [1.29, 1.82) is 0 Å². The van der Waals surface area contributed by atoms with Crippen molar-refractivity contribution >= 4 is 33.7 Å². The lowest BCUT2D eigenvalue weighted by molar-refractivity contribution is -0.255. The zero-order valence-corrected chi connectivity index (χ0v) is 14.0. The third-order valence-corrected chi connectivity index (χ3v) is 4.63. The van der Waals surface area contributed by atoms with Gasteiger partial charge in [-0.3, -0.25) is 4.79 Å². The summed E-state index contributed by atoms with van der Waals surface area (Å²) in [5.74, 6) is -0.656. The van der Waals surface area contributed by atoms with Gasteiger partial charge in [0.2, 0.25) is 0 Å². The summed E-state index contributed by atoms with van der Waals surface area (Å²) in [7, 11) is 0. The summed E-state index contributed by atoms with van der Waals surface area (Å²) in [4.78, 5) is 28.4. The molecule has 0 unspecified atom stereocenters. The summed E-state index contributed by atoms with van der Waals surface area (Å²) in [5, 5.41) is 17.2. The van der Waals surface area contributed by atoms with E-state index in [1.807, 2.05) is 5.38 Å².